The Morgan fingerprint density at radius 3 is 3.08 bits per heavy atom. The van der Waals surface area contributed by atoms with Crippen molar-refractivity contribution in [3.63, 3.8) is 0 Å². The molecule has 3 heteroatoms. The van der Waals surface area contributed by atoms with Crippen LogP contribution in [-0.2, 0) is 0 Å². The van der Waals surface area contributed by atoms with Crippen molar-refractivity contribution < 1.29 is 5.21 Å². The Bertz CT molecular complexity index is 291. The second-order valence-corrected chi connectivity index (χ2v) is 2.42. The van der Waals surface area contributed by atoms with Gasteiger partial charge in [-0.25, -0.2) is 0 Å². The molecule has 0 bridgehead atoms. The number of hydrogen-bond donors (Lipinski definition) is 1. The van der Waals surface area contributed by atoms with E-state index in [0.29, 0.717) is 0 Å². The third-order valence-corrected chi connectivity index (χ3v) is 1.34. The molecule has 0 aromatic carbocycles. The lowest BCUT2D eigenvalue weighted by atomic mass is 10.2. The van der Waals surface area contributed by atoms with Crippen molar-refractivity contribution in [2.75, 3.05) is 0 Å². The molecule has 0 saturated heterocycles. The van der Waals surface area contributed by atoms with Gasteiger partial charge in [0.1, 0.15) is 0 Å². The van der Waals surface area contributed by atoms with Gasteiger partial charge in [0, 0.05) is 12.4 Å². The van der Waals surface area contributed by atoms with Crippen molar-refractivity contribution in [3.8, 4) is 0 Å². The van der Waals surface area contributed by atoms with Crippen LogP contribution in [0.2, 0.25) is 0 Å². The van der Waals surface area contributed by atoms with Gasteiger partial charge in [-0.3, -0.25) is 4.98 Å². The molecule has 62 valence electrons. The van der Waals surface area contributed by atoms with Gasteiger partial charge in [-0.2, -0.15) is 0 Å². The number of allylic oxidation sites excluding steroid dienone is 1. The van der Waals surface area contributed by atoms with E-state index in [-0.39, 0.29) is 0 Å². The van der Waals surface area contributed by atoms with Crippen LogP contribution >= 0.6 is 0 Å². The molecular weight excluding hydrogens is 152 g/mol. The number of aromatic nitrogens is 1. The standard InChI is InChI=1S/C9H10N2O/c1-8(6-11-12)5-9-3-2-4-10-7-9/h2-7,12H,1H3. The quantitative estimate of drug-likeness (QED) is 0.410. The molecule has 0 atom stereocenters. The summed E-state index contributed by atoms with van der Waals surface area (Å²) in [6.45, 7) is 1.85. The Kier molecular flexibility index (Phi) is 3.02. The Labute approximate surface area is 71.1 Å². The third-order valence-electron chi connectivity index (χ3n) is 1.34. The molecule has 0 radical (unpaired) electrons. The highest BCUT2D eigenvalue weighted by molar-refractivity contribution is 5.84. The normalized spacial score (nSPS) is 12.2. The fraction of sp³-hybridized carbons (Fsp3) is 0.111. The largest absolute Gasteiger partial charge is 0.411 e. The molecule has 0 spiro atoms. The van der Waals surface area contributed by atoms with Crippen molar-refractivity contribution in [2.24, 2.45) is 5.16 Å². The fourth-order valence-corrected chi connectivity index (χ4v) is 0.853. The monoisotopic (exact) mass is 162 g/mol. The highest BCUT2D eigenvalue weighted by Gasteiger charge is 1.86. The zero-order chi connectivity index (χ0) is 8.81. The van der Waals surface area contributed by atoms with Gasteiger partial charge < -0.3 is 5.21 Å². The summed E-state index contributed by atoms with van der Waals surface area (Å²) in [4.78, 5) is 3.95. The number of rotatable bonds is 2. The van der Waals surface area contributed by atoms with Crippen LogP contribution in [0, 0.1) is 0 Å². The Balaban J connectivity index is 2.81. The van der Waals surface area contributed by atoms with E-state index in [0.717, 1.165) is 11.1 Å². The van der Waals surface area contributed by atoms with Gasteiger partial charge in [-0.1, -0.05) is 11.2 Å². The van der Waals surface area contributed by atoms with E-state index in [1.54, 1.807) is 12.4 Å². The van der Waals surface area contributed by atoms with Gasteiger partial charge in [0.25, 0.3) is 0 Å². The summed E-state index contributed by atoms with van der Waals surface area (Å²) in [6.07, 6.45) is 6.72. The number of nitrogens with zero attached hydrogens (tertiary/aromatic N) is 2. The van der Waals surface area contributed by atoms with Gasteiger partial charge in [0.05, 0.1) is 6.21 Å². The highest BCUT2D eigenvalue weighted by atomic mass is 16.4. The lowest BCUT2D eigenvalue weighted by Gasteiger charge is -1.91. The second-order valence-electron chi connectivity index (χ2n) is 2.42. The van der Waals surface area contributed by atoms with Crippen molar-refractivity contribution in [1.29, 1.82) is 0 Å². The minimum Gasteiger partial charge on any atom is -0.411 e. The molecule has 1 rings (SSSR count). The summed E-state index contributed by atoms with van der Waals surface area (Å²) in [5.74, 6) is 0. The molecule has 0 aliphatic rings. The van der Waals surface area contributed by atoms with E-state index in [4.69, 9.17) is 5.21 Å². The van der Waals surface area contributed by atoms with Crippen LogP contribution in [0.3, 0.4) is 0 Å². The summed E-state index contributed by atoms with van der Waals surface area (Å²) in [5.41, 5.74) is 1.88. The maximum atomic E-state index is 8.23. The van der Waals surface area contributed by atoms with Crippen LogP contribution in [0.5, 0.6) is 0 Å². The van der Waals surface area contributed by atoms with Crippen molar-refractivity contribution >= 4 is 12.3 Å². The molecule has 0 amide bonds. The fourth-order valence-electron chi connectivity index (χ4n) is 0.853. The Hall–Kier alpha value is -1.64. The lowest BCUT2D eigenvalue weighted by molar-refractivity contribution is 0.321. The zero-order valence-electron chi connectivity index (χ0n) is 6.81. The van der Waals surface area contributed by atoms with Gasteiger partial charge in [0.2, 0.25) is 0 Å². The average molecular weight is 162 g/mol. The third kappa shape index (κ3) is 2.54. The molecule has 1 heterocycles. The van der Waals surface area contributed by atoms with Crippen LogP contribution in [0.15, 0.2) is 35.3 Å². The maximum Gasteiger partial charge on any atom is 0.0690 e. The van der Waals surface area contributed by atoms with Gasteiger partial charge in [-0.15, -0.1) is 0 Å². The molecule has 12 heavy (non-hydrogen) atoms. The summed E-state index contributed by atoms with van der Waals surface area (Å²) >= 11 is 0. The molecule has 1 aromatic rings. The van der Waals surface area contributed by atoms with Gasteiger partial charge >= 0.3 is 0 Å². The first kappa shape index (κ1) is 8.46. The van der Waals surface area contributed by atoms with Crippen molar-refractivity contribution in [1.82, 2.24) is 4.98 Å². The summed E-state index contributed by atoms with van der Waals surface area (Å²) in [6, 6.07) is 3.79. The van der Waals surface area contributed by atoms with Crippen LogP contribution < -0.4 is 0 Å². The van der Waals surface area contributed by atoms with Crippen LogP contribution in [0.1, 0.15) is 12.5 Å². The van der Waals surface area contributed by atoms with Gasteiger partial charge in [-0.05, 0) is 30.2 Å². The predicted molar refractivity (Wildman–Crippen MR) is 48.2 cm³/mol. The average Bonchev–Trinajstić information content (AvgIpc) is 2.06. The lowest BCUT2D eigenvalue weighted by Crippen LogP contribution is -1.79. The van der Waals surface area contributed by atoms with E-state index >= 15 is 0 Å². The molecular formula is C9H10N2O. The van der Waals surface area contributed by atoms with Gasteiger partial charge in [0.15, 0.2) is 0 Å². The minimum atomic E-state index is 0.880. The van der Waals surface area contributed by atoms with Crippen molar-refractivity contribution in [2.45, 2.75) is 6.92 Å². The molecule has 3 nitrogen and oxygen atoms in total. The SMILES string of the molecule is CC(C=NO)=Cc1cccnc1. The van der Waals surface area contributed by atoms with E-state index in [2.05, 4.69) is 10.1 Å². The molecule has 0 aliphatic heterocycles. The molecule has 0 unspecified atom stereocenters. The first-order chi connectivity index (χ1) is 5.83. The summed E-state index contributed by atoms with van der Waals surface area (Å²) in [7, 11) is 0. The Morgan fingerprint density at radius 2 is 2.50 bits per heavy atom. The van der Waals surface area contributed by atoms with Crippen LogP contribution in [0.25, 0.3) is 6.08 Å². The summed E-state index contributed by atoms with van der Waals surface area (Å²) < 4.78 is 0. The number of oxime groups is 1. The first-order valence-corrected chi connectivity index (χ1v) is 3.58. The zero-order valence-corrected chi connectivity index (χ0v) is 6.81. The summed E-state index contributed by atoms with van der Waals surface area (Å²) in [5, 5.41) is 11.1. The Morgan fingerprint density at radius 1 is 1.67 bits per heavy atom. The topological polar surface area (TPSA) is 45.5 Å². The molecule has 0 aliphatic carbocycles. The number of hydrogen-bond acceptors (Lipinski definition) is 3. The molecule has 1 aromatic heterocycles. The minimum absolute atomic E-state index is 0.880. The second kappa shape index (κ2) is 4.28. The van der Waals surface area contributed by atoms with E-state index in [9.17, 15) is 0 Å². The van der Waals surface area contributed by atoms with E-state index in [1.165, 1.54) is 6.21 Å². The van der Waals surface area contributed by atoms with E-state index < -0.39 is 0 Å². The molecule has 1 N–H and O–H groups in total. The predicted octanol–water partition coefficient (Wildman–Crippen LogP) is 1.94. The maximum absolute atomic E-state index is 8.23. The smallest absolute Gasteiger partial charge is 0.0690 e. The van der Waals surface area contributed by atoms with Crippen molar-refractivity contribution in [3.05, 3.63) is 35.7 Å². The van der Waals surface area contributed by atoms with Crippen LogP contribution in [-0.4, -0.2) is 16.4 Å². The number of pyridine rings is 1. The molecule has 0 fully saturated rings. The highest BCUT2D eigenvalue weighted by Crippen LogP contribution is 2.02. The van der Waals surface area contributed by atoms with E-state index in [1.807, 2.05) is 25.1 Å². The first-order valence-electron chi connectivity index (χ1n) is 3.58. The molecule has 0 saturated carbocycles. The van der Waals surface area contributed by atoms with Crippen LogP contribution in [0.4, 0.5) is 0 Å².